The van der Waals surface area contributed by atoms with Crippen LogP contribution in [0.4, 0.5) is 5.69 Å². The third-order valence-corrected chi connectivity index (χ3v) is 6.29. The Balaban J connectivity index is 1.43. The predicted octanol–water partition coefficient (Wildman–Crippen LogP) is 2.69. The minimum Gasteiger partial charge on any atom is -0.486 e. The predicted molar refractivity (Wildman–Crippen MR) is 122 cm³/mol. The number of hydrogen-bond donors (Lipinski definition) is 1. The second-order valence-electron chi connectivity index (χ2n) is 9.27. The highest BCUT2D eigenvalue weighted by Gasteiger charge is 2.51. The van der Waals surface area contributed by atoms with Gasteiger partial charge in [0.25, 0.3) is 5.91 Å². The number of anilines is 1. The molecule has 4 atom stereocenters. The van der Waals surface area contributed by atoms with Crippen LogP contribution < -0.4 is 14.8 Å². The first-order valence-corrected chi connectivity index (χ1v) is 11.7. The van der Waals surface area contributed by atoms with E-state index in [0.29, 0.717) is 43.2 Å². The van der Waals surface area contributed by atoms with Crippen LogP contribution in [0.3, 0.4) is 0 Å². The lowest BCUT2D eigenvalue weighted by Gasteiger charge is -2.27. The highest BCUT2D eigenvalue weighted by atomic mass is 16.6. The number of carbonyl (C=O) groups excluding carboxylic acids is 4. The molecule has 2 aliphatic heterocycles. The normalized spacial score (nSPS) is 22.9. The Morgan fingerprint density at radius 1 is 1.03 bits per heavy atom. The van der Waals surface area contributed by atoms with Crippen LogP contribution >= 0.6 is 0 Å². The molecule has 0 saturated carbocycles. The standard InChI is InChI=1S/C25H30N2O7/c1-14(2)12-19(27-23(29)17-6-4-5-7-18(17)24(27)30)25(31)34-15(3)22(28)26-16-8-9-20-21(13-16)33-11-10-32-20/h4-5,8-9,13-15,17-19H,6-7,10-12H2,1-3H3,(H,26,28)/t15-,17-,18-,19-/m1/s1. The van der Waals surface area contributed by atoms with Crippen molar-refractivity contribution >= 4 is 29.4 Å². The summed E-state index contributed by atoms with van der Waals surface area (Å²) in [5.74, 6) is -1.70. The van der Waals surface area contributed by atoms with Crippen LogP contribution in [-0.2, 0) is 23.9 Å². The molecule has 0 spiro atoms. The zero-order valence-electron chi connectivity index (χ0n) is 19.6. The second-order valence-corrected chi connectivity index (χ2v) is 9.27. The lowest BCUT2D eigenvalue weighted by Crippen LogP contribution is -2.48. The molecule has 2 heterocycles. The molecule has 0 unspecified atom stereocenters. The first-order valence-electron chi connectivity index (χ1n) is 11.7. The monoisotopic (exact) mass is 470 g/mol. The number of fused-ring (bicyclic) bond motifs is 2. The molecular weight excluding hydrogens is 440 g/mol. The molecular formula is C25H30N2O7. The van der Waals surface area contributed by atoms with Gasteiger partial charge in [-0.2, -0.15) is 0 Å². The number of imide groups is 1. The number of nitrogens with zero attached hydrogens (tertiary/aromatic N) is 1. The molecule has 9 heteroatoms. The molecule has 1 aromatic rings. The van der Waals surface area contributed by atoms with E-state index in [-0.39, 0.29) is 24.2 Å². The van der Waals surface area contributed by atoms with Gasteiger partial charge >= 0.3 is 5.97 Å². The minimum absolute atomic E-state index is 0.0285. The van der Waals surface area contributed by atoms with Crippen molar-refractivity contribution in [1.82, 2.24) is 4.90 Å². The van der Waals surface area contributed by atoms with Gasteiger partial charge < -0.3 is 19.5 Å². The van der Waals surface area contributed by atoms with Gasteiger partial charge in [-0.25, -0.2) is 4.79 Å². The maximum absolute atomic E-state index is 13.1. The SMILES string of the molecule is CC(C)C[C@H](C(=O)O[C@H](C)C(=O)Nc1ccc2c(c1)OCCO2)N1C(=O)[C@@H]2CC=CC[C@H]2C1=O. The number of carbonyl (C=O) groups is 4. The van der Waals surface area contributed by atoms with E-state index in [9.17, 15) is 19.2 Å². The van der Waals surface area contributed by atoms with Crippen molar-refractivity contribution in [2.75, 3.05) is 18.5 Å². The summed E-state index contributed by atoms with van der Waals surface area (Å²) in [6, 6.07) is 3.94. The van der Waals surface area contributed by atoms with Crippen LogP contribution in [0.25, 0.3) is 0 Å². The summed E-state index contributed by atoms with van der Waals surface area (Å²) >= 11 is 0. The van der Waals surface area contributed by atoms with Gasteiger partial charge in [-0.15, -0.1) is 0 Å². The lowest BCUT2D eigenvalue weighted by molar-refractivity contribution is -0.164. The number of amides is 3. The Morgan fingerprint density at radius 2 is 1.65 bits per heavy atom. The minimum atomic E-state index is -1.13. The van der Waals surface area contributed by atoms with Gasteiger partial charge in [0.15, 0.2) is 17.6 Å². The number of rotatable bonds is 7. The number of esters is 1. The van der Waals surface area contributed by atoms with Gasteiger partial charge in [0.1, 0.15) is 19.3 Å². The fourth-order valence-corrected chi connectivity index (χ4v) is 4.56. The summed E-state index contributed by atoms with van der Waals surface area (Å²) in [6.07, 6.45) is 3.91. The zero-order valence-corrected chi connectivity index (χ0v) is 19.6. The smallest absolute Gasteiger partial charge is 0.330 e. The average Bonchev–Trinajstić information content (AvgIpc) is 3.07. The molecule has 3 aliphatic rings. The van der Waals surface area contributed by atoms with Crippen LogP contribution in [-0.4, -0.2) is 54.0 Å². The Morgan fingerprint density at radius 3 is 2.26 bits per heavy atom. The van der Waals surface area contributed by atoms with Crippen molar-refractivity contribution in [3.8, 4) is 11.5 Å². The first kappa shape index (κ1) is 23.8. The molecule has 1 fully saturated rings. The Bertz CT molecular complexity index is 993. The summed E-state index contributed by atoms with van der Waals surface area (Å²) in [5.41, 5.74) is 0.470. The van der Waals surface area contributed by atoms with Crippen LogP contribution in [0.2, 0.25) is 0 Å². The molecule has 1 N–H and O–H groups in total. The van der Waals surface area contributed by atoms with E-state index < -0.39 is 35.9 Å². The van der Waals surface area contributed by atoms with Gasteiger partial charge in [-0.1, -0.05) is 26.0 Å². The van der Waals surface area contributed by atoms with Gasteiger partial charge in [-0.3, -0.25) is 19.3 Å². The molecule has 1 aliphatic carbocycles. The fraction of sp³-hybridized carbons (Fsp3) is 0.520. The fourth-order valence-electron chi connectivity index (χ4n) is 4.56. The van der Waals surface area contributed by atoms with Crippen LogP contribution in [0.5, 0.6) is 11.5 Å². The van der Waals surface area contributed by atoms with Crippen molar-refractivity contribution in [2.24, 2.45) is 17.8 Å². The van der Waals surface area contributed by atoms with Crippen LogP contribution in [0.15, 0.2) is 30.4 Å². The van der Waals surface area contributed by atoms with E-state index in [4.69, 9.17) is 14.2 Å². The number of nitrogens with one attached hydrogen (secondary N) is 1. The van der Waals surface area contributed by atoms with E-state index in [1.165, 1.54) is 6.92 Å². The lowest BCUT2D eigenvalue weighted by atomic mass is 9.85. The second kappa shape index (κ2) is 9.87. The van der Waals surface area contributed by atoms with Crippen molar-refractivity contribution < 1.29 is 33.4 Å². The van der Waals surface area contributed by atoms with Crippen molar-refractivity contribution in [1.29, 1.82) is 0 Å². The molecule has 1 aromatic carbocycles. The number of likely N-dealkylation sites (tertiary alicyclic amines) is 1. The molecule has 34 heavy (non-hydrogen) atoms. The van der Waals surface area contributed by atoms with E-state index in [1.54, 1.807) is 18.2 Å². The van der Waals surface area contributed by atoms with Crippen molar-refractivity contribution in [2.45, 2.75) is 52.2 Å². The molecule has 182 valence electrons. The molecule has 4 rings (SSSR count). The van der Waals surface area contributed by atoms with Gasteiger partial charge in [0, 0.05) is 11.8 Å². The van der Waals surface area contributed by atoms with Crippen LogP contribution in [0, 0.1) is 17.8 Å². The summed E-state index contributed by atoms with van der Waals surface area (Å²) in [6.45, 7) is 6.13. The zero-order chi connectivity index (χ0) is 24.4. The Hall–Kier alpha value is -3.36. The molecule has 3 amide bonds. The molecule has 9 nitrogen and oxygen atoms in total. The largest absolute Gasteiger partial charge is 0.486 e. The quantitative estimate of drug-likeness (QED) is 0.370. The maximum Gasteiger partial charge on any atom is 0.330 e. The van der Waals surface area contributed by atoms with E-state index >= 15 is 0 Å². The third-order valence-electron chi connectivity index (χ3n) is 6.29. The first-order chi connectivity index (χ1) is 16.3. The van der Waals surface area contributed by atoms with E-state index in [1.807, 2.05) is 26.0 Å². The van der Waals surface area contributed by atoms with Gasteiger partial charge in [0.05, 0.1) is 11.8 Å². The summed E-state index contributed by atoms with van der Waals surface area (Å²) < 4.78 is 16.4. The van der Waals surface area contributed by atoms with Crippen molar-refractivity contribution in [3.63, 3.8) is 0 Å². The van der Waals surface area contributed by atoms with Crippen molar-refractivity contribution in [3.05, 3.63) is 30.4 Å². The molecule has 0 radical (unpaired) electrons. The highest BCUT2D eigenvalue weighted by Crippen LogP contribution is 2.37. The van der Waals surface area contributed by atoms with Gasteiger partial charge in [-0.05, 0) is 44.2 Å². The summed E-state index contributed by atoms with van der Waals surface area (Å²) in [7, 11) is 0. The molecule has 0 bridgehead atoms. The maximum atomic E-state index is 13.1. The van der Waals surface area contributed by atoms with E-state index in [0.717, 1.165) is 4.90 Å². The number of ether oxygens (including phenoxy) is 3. The Labute approximate surface area is 198 Å². The number of hydrogen-bond acceptors (Lipinski definition) is 7. The van der Waals surface area contributed by atoms with Gasteiger partial charge in [0.2, 0.25) is 11.8 Å². The summed E-state index contributed by atoms with van der Waals surface area (Å²) in [5, 5.41) is 2.70. The number of benzene rings is 1. The van der Waals surface area contributed by atoms with E-state index in [2.05, 4.69) is 5.32 Å². The molecule has 0 aromatic heterocycles. The summed E-state index contributed by atoms with van der Waals surface area (Å²) in [4.78, 5) is 52.9. The average molecular weight is 471 g/mol. The Kier molecular flexibility index (Phi) is 6.90. The number of allylic oxidation sites excluding steroid dienone is 2. The van der Waals surface area contributed by atoms with Crippen LogP contribution in [0.1, 0.15) is 40.0 Å². The molecule has 1 saturated heterocycles. The third kappa shape index (κ3) is 4.78. The highest BCUT2D eigenvalue weighted by molar-refractivity contribution is 6.08. The topological polar surface area (TPSA) is 111 Å².